The Morgan fingerprint density at radius 3 is 2.50 bits per heavy atom. The van der Waals surface area contributed by atoms with Crippen molar-refractivity contribution >= 4 is 22.6 Å². The average molecular weight is 433 g/mol. The second-order valence-electron chi connectivity index (χ2n) is 8.48. The van der Waals surface area contributed by atoms with Crippen LogP contribution in [-0.2, 0) is 13.0 Å². The van der Waals surface area contributed by atoms with Crippen LogP contribution >= 0.6 is 0 Å². The van der Waals surface area contributed by atoms with Crippen LogP contribution in [-0.4, -0.2) is 53.4 Å². The zero-order chi connectivity index (χ0) is 22.5. The van der Waals surface area contributed by atoms with E-state index in [-0.39, 0.29) is 17.8 Å². The summed E-state index contributed by atoms with van der Waals surface area (Å²) in [7, 11) is 0. The third kappa shape index (κ3) is 5.00. The molecular weight excluding hydrogens is 400 g/mol. The number of hydrogen-bond donors (Lipinski definition) is 4. The summed E-state index contributed by atoms with van der Waals surface area (Å²) < 4.78 is 2.06. The quantitative estimate of drug-likeness (QED) is 0.323. The molecule has 0 spiro atoms. The maximum Gasteiger partial charge on any atom is 0.268 e. The lowest BCUT2D eigenvalue weighted by Crippen LogP contribution is -2.46. The monoisotopic (exact) mass is 432 g/mol. The molecular formula is C25H32N6O. The van der Waals surface area contributed by atoms with E-state index in [1.54, 1.807) is 0 Å². The number of carbonyl (C=O) groups is 1. The normalized spacial score (nSPS) is 15.2. The highest BCUT2D eigenvalue weighted by atomic mass is 16.2. The minimum Gasteiger partial charge on any atom is -0.384 e. The summed E-state index contributed by atoms with van der Waals surface area (Å²) in [6, 6.07) is 18.1. The van der Waals surface area contributed by atoms with Crippen LogP contribution < -0.4 is 16.8 Å². The Morgan fingerprint density at radius 1 is 1.06 bits per heavy atom. The van der Waals surface area contributed by atoms with E-state index in [2.05, 4.69) is 26.9 Å². The Bertz CT molecular complexity index is 1080. The van der Waals surface area contributed by atoms with E-state index in [1.807, 2.05) is 42.5 Å². The number of aryl methyl sites for hydroxylation is 2. The smallest absolute Gasteiger partial charge is 0.268 e. The molecule has 32 heavy (non-hydrogen) atoms. The number of nitrogen functional groups attached to an aromatic ring is 1. The molecule has 3 aromatic rings. The third-order valence-corrected chi connectivity index (χ3v) is 6.28. The highest BCUT2D eigenvalue weighted by Gasteiger charge is 2.23. The van der Waals surface area contributed by atoms with Gasteiger partial charge < -0.3 is 26.3 Å². The molecule has 1 fully saturated rings. The molecule has 6 N–H and O–H groups in total. The van der Waals surface area contributed by atoms with Crippen molar-refractivity contribution in [2.45, 2.75) is 31.8 Å². The largest absolute Gasteiger partial charge is 0.384 e. The predicted molar refractivity (Wildman–Crippen MR) is 129 cm³/mol. The average Bonchev–Trinajstić information content (AvgIpc) is 3.18. The number of nitrogens with one attached hydrogen (secondary N) is 2. The van der Waals surface area contributed by atoms with Gasteiger partial charge in [0, 0.05) is 55.2 Å². The van der Waals surface area contributed by atoms with Crippen LogP contribution in [0.25, 0.3) is 10.9 Å². The van der Waals surface area contributed by atoms with Gasteiger partial charge in [-0.2, -0.15) is 0 Å². The molecule has 7 heteroatoms. The summed E-state index contributed by atoms with van der Waals surface area (Å²) in [6.45, 7) is 4.17. The van der Waals surface area contributed by atoms with Crippen molar-refractivity contribution in [1.29, 1.82) is 5.41 Å². The number of carbonyl (C=O) groups excluding carboxylic acids is 1. The molecule has 0 atom stereocenters. The molecule has 0 radical (unpaired) electrons. The molecule has 2 aromatic carbocycles. The number of aromatic nitrogens is 1. The van der Waals surface area contributed by atoms with Crippen molar-refractivity contribution in [1.82, 2.24) is 14.8 Å². The van der Waals surface area contributed by atoms with Crippen LogP contribution in [0.3, 0.4) is 0 Å². The first-order chi connectivity index (χ1) is 15.5. The van der Waals surface area contributed by atoms with Gasteiger partial charge in [0.2, 0.25) is 0 Å². The van der Waals surface area contributed by atoms with Crippen LogP contribution in [0, 0.1) is 5.41 Å². The van der Waals surface area contributed by atoms with E-state index in [0.29, 0.717) is 24.3 Å². The van der Waals surface area contributed by atoms with E-state index in [0.717, 1.165) is 49.8 Å². The maximum atomic E-state index is 13.3. The summed E-state index contributed by atoms with van der Waals surface area (Å²) in [5.41, 5.74) is 14.9. The van der Waals surface area contributed by atoms with Crippen molar-refractivity contribution in [3.8, 4) is 0 Å². The first-order valence-electron chi connectivity index (χ1n) is 11.3. The molecule has 0 unspecified atom stereocenters. The molecule has 4 rings (SSSR count). The van der Waals surface area contributed by atoms with Gasteiger partial charge in [-0.05, 0) is 37.0 Å². The maximum absolute atomic E-state index is 13.3. The third-order valence-electron chi connectivity index (χ3n) is 6.28. The van der Waals surface area contributed by atoms with Gasteiger partial charge in [-0.3, -0.25) is 10.2 Å². The molecule has 7 nitrogen and oxygen atoms in total. The molecule has 1 aromatic heterocycles. The van der Waals surface area contributed by atoms with Gasteiger partial charge in [0.05, 0.1) is 0 Å². The standard InChI is InChI=1S/C25H32N6O/c26-11-15-30-12-9-21(10-13-30)29-25(32)23-16-19-6-7-20(24(27)28)17-22(19)31(23)14-8-18-4-2-1-3-5-18/h1-7,16-17,21H,8-15,26H2,(H3,27,28)(H,29,32). The molecule has 1 amide bonds. The van der Waals surface area contributed by atoms with Crippen LogP contribution in [0.4, 0.5) is 0 Å². The number of nitrogens with two attached hydrogens (primary N) is 2. The van der Waals surface area contributed by atoms with Gasteiger partial charge in [0.1, 0.15) is 11.5 Å². The molecule has 0 aliphatic carbocycles. The number of benzene rings is 2. The number of hydrogen-bond acceptors (Lipinski definition) is 4. The molecule has 0 bridgehead atoms. The van der Waals surface area contributed by atoms with Crippen molar-refractivity contribution in [2.75, 3.05) is 26.2 Å². The second kappa shape index (κ2) is 9.97. The van der Waals surface area contributed by atoms with Crippen LogP contribution in [0.15, 0.2) is 54.6 Å². The summed E-state index contributed by atoms with van der Waals surface area (Å²) in [5, 5.41) is 12.0. The fourth-order valence-corrected chi connectivity index (χ4v) is 4.48. The van der Waals surface area contributed by atoms with E-state index >= 15 is 0 Å². The second-order valence-corrected chi connectivity index (χ2v) is 8.48. The van der Waals surface area contributed by atoms with E-state index in [1.165, 1.54) is 5.56 Å². The van der Waals surface area contributed by atoms with Crippen LogP contribution in [0.1, 0.15) is 34.5 Å². The van der Waals surface area contributed by atoms with Gasteiger partial charge in [-0.25, -0.2) is 0 Å². The number of amidine groups is 1. The van der Waals surface area contributed by atoms with Crippen molar-refractivity contribution in [3.63, 3.8) is 0 Å². The van der Waals surface area contributed by atoms with Crippen molar-refractivity contribution in [3.05, 3.63) is 71.4 Å². The molecule has 168 valence electrons. The SMILES string of the molecule is N=C(N)c1ccc2cc(C(=O)NC3CCN(CCN)CC3)n(CCc3ccccc3)c2c1. The Kier molecular flexibility index (Phi) is 6.87. The summed E-state index contributed by atoms with van der Waals surface area (Å²) >= 11 is 0. The first kappa shape index (κ1) is 22.0. The lowest BCUT2D eigenvalue weighted by Gasteiger charge is -2.32. The Hall–Kier alpha value is -3.16. The van der Waals surface area contributed by atoms with Gasteiger partial charge in [-0.1, -0.05) is 42.5 Å². The van der Waals surface area contributed by atoms with Crippen LogP contribution in [0.2, 0.25) is 0 Å². The first-order valence-corrected chi connectivity index (χ1v) is 11.3. The van der Waals surface area contributed by atoms with E-state index in [4.69, 9.17) is 16.9 Å². The summed E-state index contributed by atoms with van der Waals surface area (Å²) in [5.74, 6) is -0.0196. The van der Waals surface area contributed by atoms with Gasteiger partial charge >= 0.3 is 0 Å². The number of rotatable bonds is 8. The molecule has 0 saturated carbocycles. The summed E-state index contributed by atoms with van der Waals surface area (Å²) in [6.07, 6.45) is 2.68. The van der Waals surface area contributed by atoms with Crippen molar-refractivity contribution in [2.24, 2.45) is 11.5 Å². The minimum atomic E-state index is -0.0455. The Morgan fingerprint density at radius 2 is 1.81 bits per heavy atom. The highest BCUT2D eigenvalue weighted by Crippen LogP contribution is 2.23. The van der Waals surface area contributed by atoms with Gasteiger partial charge in [0.15, 0.2) is 0 Å². The number of fused-ring (bicyclic) bond motifs is 1. The highest BCUT2D eigenvalue weighted by molar-refractivity contribution is 6.02. The molecule has 1 aliphatic rings. The molecule has 2 heterocycles. The number of amides is 1. The zero-order valence-electron chi connectivity index (χ0n) is 18.4. The molecule has 1 saturated heterocycles. The van der Waals surface area contributed by atoms with Gasteiger partial charge in [-0.15, -0.1) is 0 Å². The Balaban J connectivity index is 1.57. The summed E-state index contributed by atoms with van der Waals surface area (Å²) in [4.78, 5) is 15.7. The topological polar surface area (TPSA) is 113 Å². The minimum absolute atomic E-state index is 0.0259. The van der Waals surface area contributed by atoms with Crippen LogP contribution in [0.5, 0.6) is 0 Å². The predicted octanol–water partition coefficient (Wildman–Crippen LogP) is 2.32. The Labute approximate surface area is 188 Å². The lowest BCUT2D eigenvalue weighted by molar-refractivity contribution is 0.0903. The number of piperidine rings is 1. The fourth-order valence-electron chi connectivity index (χ4n) is 4.48. The lowest BCUT2D eigenvalue weighted by atomic mass is 10.0. The van der Waals surface area contributed by atoms with E-state index < -0.39 is 0 Å². The number of nitrogens with zero attached hydrogens (tertiary/aromatic N) is 2. The molecule has 1 aliphatic heterocycles. The zero-order valence-corrected chi connectivity index (χ0v) is 18.4. The van der Waals surface area contributed by atoms with Gasteiger partial charge in [0.25, 0.3) is 5.91 Å². The van der Waals surface area contributed by atoms with E-state index in [9.17, 15) is 4.79 Å². The number of likely N-dealkylation sites (tertiary alicyclic amines) is 1. The van der Waals surface area contributed by atoms with Crippen molar-refractivity contribution < 1.29 is 4.79 Å². The fraction of sp³-hybridized carbons (Fsp3) is 0.360.